The molecule has 5 heteroatoms. The van der Waals surface area contributed by atoms with Crippen molar-refractivity contribution < 1.29 is 14.5 Å². The minimum Gasteiger partial charge on any atom is -0.348 e. The van der Waals surface area contributed by atoms with Crippen LogP contribution < -0.4 is 15.5 Å². The molecule has 1 aliphatic carbocycles. The Morgan fingerprint density at radius 3 is 2.52 bits per heavy atom. The molecule has 21 heavy (non-hydrogen) atoms. The molecule has 0 aromatic heterocycles. The molecule has 1 aromatic rings. The monoisotopic (exact) mass is 290 g/mol. The summed E-state index contributed by atoms with van der Waals surface area (Å²) in [5, 5.41) is 5.85. The quantitative estimate of drug-likeness (QED) is 0.692. The van der Waals surface area contributed by atoms with Gasteiger partial charge in [0.15, 0.2) is 13.1 Å². The van der Waals surface area contributed by atoms with E-state index in [0.29, 0.717) is 12.6 Å². The van der Waals surface area contributed by atoms with Gasteiger partial charge in [-0.3, -0.25) is 9.59 Å². The molecule has 0 aliphatic heterocycles. The molecule has 1 atom stereocenters. The first-order chi connectivity index (χ1) is 9.94. The molecule has 1 aromatic carbocycles. The first kappa shape index (κ1) is 15.5. The lowest BCUT2D eigenvalue weighted by Gasteiger charge is -2.14. The highest BCUT2D eigenvalue weighted by Crippen LogP contribution is 2.18. The summed E-state index contributed by atoms with van der Waals surface area (Å²) < 4.78 is 0. The Kier molecular flexibility index (Phi) is 4.96. The highest BCUT2D eigenvalue weighted by Gasteiger charge is 2.24. The van der Waals surface area contributed by atoms with Crippen molar-refractivity contribution >= 4 is 17.5 Å². The number of aryl methyl sites for hydroxylation is 2. The number of quaternary nitrogens is 1. The van der Waals surface area contributed by atoms with E-state index in [9.17, 15) is 9.59 Å². The van der Waals surface area contributed by atoms with Gasteiger partial charge in [-0.15, -0.1) is 0 Å². The first-order valence-corrected chi connectivity index (χ1v) is 7.42. The standard InChI is InChI=1S/C16H23N3O2/c1-11-4-5-12(2)14(8-11)18-16(21)10-19(3)9-15(20)17-13-6-7-13/h4-5,8,13H,6-7,9-10H2,1-3H3,(H,17,20)(H,18,21)/p+1. The van der Waals surface area contributed by atoms with E-state index >= 15 is 0 Å². The highest BCUT2D eigenvalue weighted by molar-refractivity contribution is 5.92. The molecule has 2 rings (SSSR count). The van der Waals surface area contributed by atoms with Crippen molar-refractivity contribution in [3.63, 3.8) is 0 Å². The Bertz CT molecular complexity index is 538. The molecule has 3 N–H and O–H groups in total. The van der Waals surface area contributed by atoms with Crippen molar-refractivity contribution in [1.82, 2.24) is 5.32 Å². The molecule has 1 saturated carbocycles. The minimum atomic E-state index is -0.0691. The topological polar surface area (TPSA) is 62.6 Å². The van der Waals surface area contributed by atoms with Crippen LogP contribution in [0.2, 0.25) is 0 Å². The third-order valence-corrected chi connectivity index (χ3v) is 3.53. The largest absolute Gasteiger partial charge is 0.348 e. The van der Waals surface area contributed by atoms with Crippen LogP contribution in [-0.4, -0.2) is 38.0 Å². The van der Waals surface area contributed by atoms with Crippen molar-refractivity contribution in [3.8, 4) is 0 Å². The summed E-state index contributed by atoms with van der Waals surface area (Å²) >= 11 is 0. The number of likely N-dealkylation sites (N-methyl/N-ethyl adjacent to an activating group) is 1. The van der Waals surface area contributed by atoms with Crippen molar-refractivity contribution in [1.29, 1.82) is 0 Å². The van der Waals surface area contributed by atoms with E-state index in [2.05, 4.69) is 10.6 Å². The molecule has 0 spiro atoms. The van der Waals surface area contributed by atoms with Gasteiger partial charge in [0.05, 0.1) is 7.05 Å². The lowest BCUT2D eigenvalue weighted by molar-refractivity contribution is -0.862. The Morgan fingerprint density at radius 2 is 1.86 bits per heavy atom. The molecule has 1 aliphatic rings. The van der Waals surface area contributed by atoms with Crippen LogP contribution in [0.5, 0.6) is 0 Å². The summed E-state index contributed by atoms with van der Waals surface area (Å²) in [4.78, 5) is 24.6. The first-order valence-electron chi connectivity index (χ1n) is 7.42. The van der Waals surface area contributed by atoms with Gasteiger partial charge in [-0.1, -0.05) is 12.1 Å². The van der Waals surface area contributed by atoms with E-state index in [0.717, 1.165) is 34.6 Å². The van der Waals surface area contributed by atoms with Gasteiger partial charge in [-0.2, -0.15) is 0 Å². The van der Waals surface area contributed by atoms with E-state index in [1.54, 1.807) is 0 Å². The Hall–Kier alpha value is -1.88. The minimum absolute atomic E-state index is 0.0227. The SMILES string of the molecule is Cc1ccc(C)c(NC(=O)C[NH+](C)CC(=O)NC2CC2)c1. The summed E-state index contributed by atoms with van der Waals surface area (Å²) in [5.41, 5.74) is 2.99. The maximum Gasteiger partial charge on any atom is 0.279 e. The van der Waals surface area contributed by atoms with Gasteiger partial charge < -0.3 is 15.5 Å². The van der Waals surface area contributed by atoms with Crippen LogP contribution in [-0.2, 0) is 9.59 Å². The van der Waals surface area contributed by atoms with E-state index < -0.39 is 0 Å². The Balaban J connectivity index is 1.80. The number of anilines is 1. The van der Waals surface area contributed by atoms with E-state index in [4.69, 9.17) is 0 Å². The smallest absolute Gasteiger partial charge is 0.279 e. The number of carbonyl (C=O) groups excluding carboxylic acids is 2. The molecule has 0 heterocycles. The Labute approximate surface area is 125 Å². The second-order valence-corrected chi connectivity index (χ2v) is 6.02. The van der Waals surface area contributed by atoms with Crippen molar-refractivity contribution in [2.45, 2.75) is 32.7 Å². The molecule has 1 fully saturated rings. The van der Waals surface area contributed by atoms with Gasteiger partial charge in [0.2, 0.25) is 0 Å². The second kappa shape index (κ2) is 6.72. The predicted octanol–water partition coefficient (Wildman–Crippen LogP) is 0.0352. The molecule has 0 radical (unpaired) electrons. The van der Waals surface area contributed by atoms with E-state index in [1.807, 2.05) is 39.1 Å². The number of hydrogen-bond donors (Lipinski definition) is 3. The Morgan fingerprint density at radius 1 is 1.19 bits per heavy atom. The maximum absolute atomic E-state index is 12.0. The number of hydrogen-bond acceptors (Lipinski definition) is 2. The lowest BCUT2D eigenvalue weighted by atomic mass is 10.1. The zero-order valence-corrected chi connectivity index (χ0v) is 13.0. The molecular formula is C16H24N3O2+. The summed E-state index contributed by atoms with van der Waals surface area (Å²) in [7, 11) is 1.86. The molecule has 0 saturated heterocycles. The van der Waals surface area contributed by atoms with Gasteiger partial charge in [0.25, 0.3) is 11.8 Å². The van der Waals surface area contributed by atoms with E-state index in [-0.39, 0.29) is 18.4 Å². The summed E-state index contributed by atoms with van der Waals surface area (Å²) in [6, 6.07) is 6.34. The van der Waals surface area contributed by atoms with Gasteiger partial charge >= 0.3 is 0 Å². The van der Waals surface area contributed by atoms with Gasteiger partial charge in [-0.25, -0.2) is 0 Å². The lowest BCUT2D eigenvalue weighted by Crippen LogP contribution is -3.11. The molecule has 0 bridgehead atoms. The number of benzene rings is 1. The normalized spacial score (nSPS) is 15.4. The highest BCUT2D eigenvalue weighted by atomic mass is 16.2. The van der Waals surface area contributed by atoms with Crippen LogP contribution in [0.15, 0.2) is 18.2 Å². The number of nitrogens with one attached hydrogen (secondary N) is 3. The third kappa shape index (κ3) is 5.19. The van der Waals surface area contributed by atoms with Crippen LogP contribution in [0.3, 0.4) is 0 Å². The van der Waals surface area contributed by atoms with Gasteiger partial charge in [0, 0.05) is 11.7 Å². The average Bonchev–Trinajstić information content (AvgIpc) is 3.17. The van der Waals surface area contributed by atoms with Crippen molar-refractivity contribution in [2.24, 2.45) is 0 Å². The van der Waals surface area contributed by atoms with E-state index in [1.165, 1.54) is 0 Å². The van der Waals surface area contributed by atoms with Crippen molar-refractivity contribution in [3.05, 3.63) is 29.3 Å². The average molecular weight is 290 g/mol. The van der Waals surface area contributed by atoms with Crippen LogP contribution in [0.25, 0.3) is 0 Å². The van der Waals surface area contributed by atoms with Gasteiger partial charge in [-0.05, 0) is 43.9 Å². The fourth-order valence-electron chi connectivity index (χ4n) is 2.18. The van der Waals surface area contributed by atoms with Crippen molar-refractivity contribution in [2.75, 3.05) is 25.5 Å². The number of amides is 2. The summed E-state index contributed by atoms with van der Waals surface area (Å²) in [6.07, 6.45) is 2.16. The zero-order chi connectivity index (χ0) is 15.4. The molecular weight excluding hydrogens is 266 g/mol. The third-order valence-electron chi connectivity index (χ3n) is 3.53. The fourth-order valence-corrected chi connectivity index (χ4v) is 2.18. The predicted molar refractivity (Wildman–Crippen MR) is 82.3 cm³/mol. The number of rotatable bonds is 6. The zero-order valence-electron chi connectivity index (χ0n) is 13.0. The van der Waals surface area contributed by atoms with Crippen LogP contribution in [0.4, 0.5) is 5.69 Å². The molecule has 2 amide bonds. The summed E-state index contributed by atoms with van der Waals surface area (Å²) in [6.45, 7) is 4.57. The summed E-state index contributed by atoms with van der Waals surface area (Å²) in [5.74, 6) is -0.0463. The molecule has 1 unspecified atom stereocenters. The number of carbonyl (C=O) groups is 2. The fraction of sp³-hybridized carbons (Fsp3) is 0.500. The van der Waals surface area contributed by atoms with Crippen LogP contribution >= 0.6 is 0 Å². The maximum atomic E-state index is 12.0. The van der Waals surface area contributed by atoms with Crippen LogP contribution in [0.1, 0.15) is 24.0 Å². The molecule has 5 nitrogen and oxygen atoms in total. The van der Waals surface area contributed by atoms with Gasteiger partial charge in [0.1, 0.15) is 0 Å². The second-order valence-electron chi connectivity index (χ2n) is 6.02. The molecule has 114 valence electrons. The van der Waals surface area contributed by atoms with Crippen LogP contribution in [0, 0.1) is 13.8 Å².